The molecule has 1 aromatic rings. The van der Waals surface area contributed by atoms with Crippen molar-refractivity contribution in [1.29, 1.82) is 0 Å². The molecule has 0 radical (unpaired) electrons. The minimum Gasteiger partial charge on any atom is -0.493 e. The summed E-state index contributed by atoms with van der Waals surface area (Å²) < 4.78 is 33.2. The number of halogens is 1. The third-order valence-electron chi connectivity index (χ3n) is 3.21. The second kappa shape index (κ2) is 6.66. The first-order valence-corrected chi connectivity index (χ1v) is 9.11. The molecule has 0 heterocycles. The standard InChI is InChI=1S/C14H17ClO5S/c1-2-19-13-6-5-11(21(15,17)18)9-12(13)14(16)20-8-7-10-3-4-10/h5-6,9-10H,2-4,7-8H2,1H3. The maximum absolute atomic E-state index is 12.1. The number of rotatable bonds is 7. The Bertz CT molecular complexity index is 622. The molecule has 1 aromatic carbocycles. The van der Waals surface area contributed by atoms with E-state index in [9.17, 15) is 13.2 Å². The third-order valence-corrected chi connectivity index (χ3v) is 4.56. The van der Waals surface area contributed by atoms with Gasteiger partial charge in [-0.05, 0) is 37.5 Å². The van der Waals surface area contributed by atoms with E-state index < -0.39 is 15.0 Å². The van der Waals surface area contributed by atoms with Crippen LogP contribution in [0.1, 0.15) is 36.5 Å². The maximum atomic E-state index is 12.1. The molecule has 1 fully saturated rings. The summed E-state index contributed by atoms with van der Waals surface area (Å²) in [6.07, 6.45) is 3.20. The first-order valence-electron chi connectivity index (χ1n) is 6.80. The van der Waals surface area contributed by atoms with Crippen LogP contribution < -0.4 is 4.74 Å². The summed E-state index contributed by atoms with van der Waals surface area (Å²) in [4.78, 5) is 11.9. The largest absolute Gasteiger partial charge is 0.493 e. The zero-order valence-electron chi connectivity index (χ0n) is 11.7. The summed E-state index contributed by atoms with van der Waals surface area (Å²) in [5.74, 6) is 0.345. The monoisotopic (exact) mass is 332 g/mol. The number of hydrogen-bond acceptors (Lipinski definition) is 5. The Hall–Kier alpha value is -1.27. The summed E-state index contributed by atoms with van der Waals surface area (Å²) in [5.41, 5.74) is 0.0781. The van der Waals surface area contributed by atoms with E-state index in [4.69, 9.17) is 20.2 Å². The molecule has 0 unspecified atom stereocenters. The minimum absolute atomic E-state index is 0.0781. The molecule has 1 saturated carbocycles. The van der Waals surface area contributed by atoms with Crippen LogP contribution in [0.4, 0.5) is 0 Å². The van der Waals surface area contributed by atoms with E-state index in [1.54, 1.807) is 6.92 Å². The van der Waals surface area contributed by atoms with Gasteiger partial charge in [-0.25, -0.2) is 13.2 Å². The van der Waals surface area contributed by atoms with Crippen molar-refractivity contribution in [3.8, 4) is 5.75 Å². The Morgan fingerprint density at radius 2 is 2.10 bits per heavy atom. The van der Waals surface area contributed by atoms with E-state index in [0.29, 0.717) is 19.1 Å². The minimum atomic E-state index is -3.91. The Balaban J connectivity index is 2.17. The van der Waals surface area contributed by atoms with Gasteiger partial charge in [0.05, 0.1) is 18.1 Å². The maximum Gasteiger partial charge on any atom is 0.341 e. The lowest BCUT2D eigenvalue weighted by atomic mass is 10.2. The van der Waals surface area contributed by atoms with E-state index >= 15 is 0 Å². The smallest absolute Gasteiger partial charge is 0.341 e. The topological polar surface area (TPSA) is 69.7 Å². The molecule has 116 valence electrons. The molecule has 0 aromatic heterocycles. The van der Waals surface area contributed by atoms with Gasteiger partial charge in [-0.15, -0.1) is 0 Å². The number of carbonyl (C=O) groups excluding carboxylic acids is 1. The van der Waals surface area contributed by atoms with Crippen molar-refractivity contribution < 1.29 is 22.7 Å². The van der Waals surface area contributed by atoms with Crippen LogP contribution in [0.2, 0.25) is 0 Å². The van der Waals surface area contributed by atoms with E-state index in [1.165, 1.54) is 31.0 Å². The molecule has 0 atom stereocenters. The Kier molecular flexibility index (Phi) is 5.11. The van der Waals surface area contributed by atoms with Gasteiger partial charge in [-0.1, -0.05) is 12.8 Å². The van der Waals surface area contributed by atoms with Crippen LogP contribution in [0.15, 0.2) is 23.1 Å². The molecule has 1 aliphatic rings. The summed E-state index contributed by atoms with van der Waals surface area (Å²) in [6, 6.07) is 3.90. The first-order chi connectivity index (χ1) is 9.91. The van der Waals surface area contributed by atoms with Gasteiger partial charge in [-0.2, -0.15) is 0 Å². The van der Waals surface area contributed by atoms with Gasteiger partial charge < -0.3 is 9.47 Å². The second-order valence-electron chi connectivity index (χ2n) is 4.90. The van der Waals surface area contributed by atoms with Crippen LogP contribution >= 0.6 is 10.7 Å². The zero-order valence-corrected chi connectivity index (χ0v) is 13.2. The molecule has 0 aliphatic heterocycles. The molecular formula is C14H17ClO5S. The fourth-order valence-electron chi connectivity index (χ4n) is 1.90. The summed E-state index contributed by atoms with van der Waals surface area (Å²) in [6.45, 7) is 2.46. The second-order valence-corrected chi connectivity index (χ2v) is 7.46. The summed E-state index contributed by atoms with van der Waals surface area (Å²) in [7, 11) is 1.39. The molecule has 0 spiro atoms. The normalized spacial score (nSPS) is 14.8. The Labute approximate surface area is 128 Å². The fourth-order valence-corrected chi connectivity index (χ4v) is 2.68. The van der Waals surface area contributed by atoms with Crippen LogP contribution in [0.25, 0.3) is 0 Å². The van der Waals surface area contributed by atoms with Gasteiger partial charge in [0.2, 0.25) is 0 Å². The number of carbonyl (C=O) groups is 1. The van der Waals surface area contributed by atoms with Crippen molar-refractivity contribution in [3.63, 3.8) is 0 Å². The highest BCUT2D eigenvalue weighted by Crippen LogP contribution is 2.32. The van der Waals surface area contributed by atoms with Crippen LogP contribution in [-0.2, 0) is 13.8 Å². The van der Waals surface area contributed by atoms with Crippen LogP contribution in [-0.4, -0.2) is 27.6 Å². The zero-order chi connectivity index (χ0) is 15.5. The quantitative estimate of drug-likeness (QED) is 0.567. The van der Waals surface area contributed by atoms with Gasteiger partial charge in [0, 0.05) is 10.7 Å². The number of benzene rings is 1. The molecule has 5 nitrogen and oxygen atoms in total. The number of esters is 1. The summed E-state index contributed by atoms with van der Waals surface area (Å²) >= 11 is 0. The molecule has 1 aliphatic carbocycles. The van der Waals surface area contributed by atoms with Gasteiger partial charge in [0.15, 0.2) is 0 Å². The fraction of sp³-hybridized carbons (Fsp3) is 0.500. The predicted molar refractivity (Wildman–Crippen MR) is 78.3 cm³/mol. The van der Waals surface area contributed by atoms with Crippen molar-refractivity contribution in [3.05, 3.63) is 23.8 Å². The lowest BCUT2D eigenvalue weighted by Gasteiger charge is -2.11. The van der Waals surface area contributed by atoms with E-state index in [0.717, 1.165) is 6.42 Å². The van der Waals surface area contributed by atoms with Crippen LogP contribution in [0.5, 0.6) is 5.75 Å². The van der Waals surface area contributed by atoms with Crippen molar-refractivity contribution in [2.75, 3.05) is 13.2 Å². The molecule has 0 N–H and O–H groups in total. The molecule has 0 saturated heterocycles. The highest BCUT2D eigenvalue weighted by molar-refractivity contribution is 8.13. The van der Waals surface area contributed by atoms with Gasteiger partial charge >= 0.3 is 5.97 Å². The lowest BCUT2D eigenvalue weighted by molar-refractivity contribution is 0.0490. The summed E-state index contributed by atoms with van der Waals surface area (Å²) in [5, 5.41) is 0. The highest BCUT2D eigenvalue weighted by Gasteiger charge is 2.23. The van der Waals surface area contributed by atoms with Crippen molar-refractivity contribution in [2.45, 2.75) is 31.1 Å². The average Bonchev–Trinajstić information content (AvgIpc) is 3.22. The molecule has 2 rings (SSSR count). The lowest BCUT2D eigenvalue weighted by Crippen LogP contribution is -2.10. The van der Waals surface area contributed by atoms with Crippen molar-refractivity contribution in [1.82, 2.24) is 0 Å². The average molecular weight is 333 g/mol. The van der Waals surface area contributed by atoms with E-state index in [1.807, 2.05) is 0 Å². The first kappa shape index (κ1) is 16.1. The van der Waals surface area contributed by atoms with Crippen LogP contribution in [0.3, 0.4) is 0 Å². The Morgan fingerprint density at radius 3 is 2.67 bits per heavy atom. The predicted octanol–water partition coefficient (Wildman–Crippen LogP) is 2.97. The van der Waals surface area contributed by atoms with Gasteiger partial charge in [0.1, 0.15) is 11.3 Å². The van der Waals surface area contributed by atoms with Crippen molar-refractivity contribution in [2.24, 2.45) is 5.92 Å². The SMILES string of the molecule is CCOc1ccc(S(=O)(=O)Cl)cc1C(=O)OCCC1CC1. The number of hydrogen-bond donors (Lipinski definition) is 0. The van der Waals surface area contributed by atoms with E-state index in [2.05, 4.69) is 0 Å². The van der Waals surface area contributed by atoms with Gasteiger partial charge in [0.25, 0.3) is 9.05 Å². The number of ether oxygens (including phenoxy) is 2. The molecular weight excluding hydrogens is 316 g/mol. The van der Waals surface area contributed by atoms with Crippen LogP contribution in [0, 0.1) is 5.92 Å². The molecule has 21 heavy (non-hydrogen) atoms. The molecule has 0 bridgehead atoms. The van der Waals surface area contributed by atoms with Gasteiger partial charge in [-0.3, -0.25) is 0 Å². The molecule has 0 amide bonds. The highest BCUT2D eigenvalue weighted by atomic mass is 35.7. The third kappa shape index (κ3) is 4.61. The van der Waals surface area contributed by atoms with Crippen molar-refractivity contribution >= 4 is 25.7 Å². The Morgan fingerprint density at radius 1 is 1.38 bits per heavy atom. The molecule has 7 heteroatoms. The van der Waals surface area contributed by atoms with E-state index in [-0.39, 0.29) is 16.2 Å².